The monoisotopic (exact) mass is 303 g/mol. The molecule has 0 fully saturated rings. The Kier molecular flexibility index (Phi) is 3.36. The molecule has 6 nitrogen and oxygen atoms in total. The summed E-state index contributed by atoms with van der Waals surface area (Å²) in [5, 5.41) is 10.6. The second-order valence-electron chi connectivity index (χ2n) is 4.53. The first-order valence-corrected chi connectivity index (χ1v) is 7.72. The summed E-state index contributed by atoms with van der Waals surface area (Å²) in [5.41, 5.74) is 0.930. The largest absolute Gasteiger partial charge is 0.390 e. The molecule has 3 N–H and O–H groups in total. The summed E-state index contributed by atoms with van der Waals surface area (Å²) in [5.74, 6) is 0. The maximum Gasteiger partial charge on any atom is 0.263 e. The van der Waals surface area contributed by atoms with Crippen LogP contribution < -0.4 is 4.72 Å². The van der Waals surface area contributed by atoms with Crippen molar-refractivity contribution in [2.75, 3.05) is 4.72 Å². The van der Waals surface area contributed by atoms with Crippen molar-refractivity contribution >= 4 is 26.5 Å². The van der Waals surface area contributed by atoms with Crippen LogP contribution in [0.5, 0.6) is 0 Å². The zero-order valence-corrected chi connectivity index (χ0v) is 11.8. The van der Waals surface area contributed by atoms with E-state index in [4.69, 9.17) is 5.11 Å². The third kappa shape index (κ3) is 2.61. The highest BCUT2D eigenvalue weighted by atomic mass is 32.2. The van der Waals surface area contributed by atoms with Gasteiger partial charge >= 0.3 is 0 Å². The quantitative estimate of drug-likeness (QED) is 0.685. The lowest BCUT2D eigenvalue weighted by Gasteiger charge is -2.09. The number of H-pyrrole nitrogens is 1. The Morgan fingerprint density at radius 2 is 2.14 bits per heavy atom. The van der Waals surface area contributed by atoms with E-state index in [0.29, 0.717) is 11.4 Å². The molecule has 0 aliphatic heterocycles. The smallest absolute Gasteiger partial charge is 0.263 e. The number of aromatic amines is 1. The molecule has 21 heavy (non-hydrogen) atoms. The van der Waals surface area contributed by atoms with E-state index < -0.39 is 10.0 Å². The first-order valence-electron chi connectivity index (χ1n) is 6.24. The van der Waals surface area contributed by atoms with Gasteiger partial charge in [0.25, 0.3) is 10.0 Å². The Morgan fingerprint density at radius 3 is 2.90 bits per heavy atom. The van der Waals surface area contributed by atoms with Gasteiger partial charge in [0, 0.05) is 35.1 Å². The van der Waals surface area contributed by atoms with Crippen LogP contribution in [0.3, 0.4) is 0 Å². The predicted molar refractivity (Wildman–Crippen MR) is 79.3 cm³/mol. The van der Waals surface area contributed by atoms with E-state index in [1.807, 2.05) is 6.07 Å². The molecular formula is C14H13N3O3S. The molecule has 3 rings (SSSR count). The average molecular weight is 303 g/mol. The van der Waals surface area contributed by atoms with Gasteiger partial charge < -0.3 is 10.1 Å². The summed E-state index contributed by atoms with van der Waals surface area (Å²) in [6, 6.07) is 8.47. The number of hydrogen-bond donors (Lipinski definition) is 3. The number of anilines is 1. The average Bonchev–Trinajstić information content (AvgIpc) is 2.97. The van der Waals surface area contributed by atoms with Gasteiger partial charge in [-0.05, 0) is 18.2 Å². The highest BCUT2D eigenvalue weighted by molar-refractivity contribution is 7.92. The van der Waals surface area contributed by atoms with Gasteiger partial charge in [0.05, 0.1) is 12.3 Å². The fourth-order valence-corrected chi connectivity index (χ4v) is 3.18. The van der Waals surface area contributed by atoms with Crippen molar-refractivity contribution in [3.05, 3.63) is 54.6 Å². The number of fused-ring (bicyclic) bond motifs is 1. The Labute approximate surface area is 121 Å². The molecule has 0 aliphatic carbocycles. The van der Waals surface area contributed by atoms with Crippen molar-refractivity contribution in [3.63, 3.8) is 0 Å². The predicted octanol–water partition coefficient (Wildman–Crippen LogP) is 1.86. The van der Waals surface area contributed by atoms with E-state index in [2.05, 4.69) is 14.7 Å². The molecule has 3 aromatic rings. The Bertz CT molecular complexity index is 882. The molecule has 0 aliphatic rings. The van der Waals surface area contributed by atoms with Crippen LogP contribution in [-0.2, 0) is 16.6 Å². The molecule has 0 amide bonds. The SMILES string of the molecule is O=S(=O)(Nc1cccc2cnccc12)c1c[nH]c(CO)c1. The Morgan fingerprint density at radius 1 is 1.29 bits per heavy atom. The molecular weight excluding hydrogens is 290 g/mol. The third-order valence-corrected chi connectivity index (χ3v) is 4.47. The number of benzene rings is 1. The van der Waals surface area contributed by atoms with Crippen molar-refractivity contribution in [1.29, 1.82) is 0 Å². The van der Waals surface area contributed by atoms with Crippen molar-refractivity contribution in [2.45, 2.75) is 11.5 Å². The molecule has 2 heterocycles. The number of sulfonamides is 1. The van der Waals surface area contributed by atoms with Crippen LogP contribution in [0, 0.1) is 0 Å². The first kappa shape index (κ1) is 13.6. The van der Waals surface area contributed by atoms with Gasteiger partial charge in [-0.25, -0.2) is 8.42 Å². The van der Waals surface area contributed by atoms with E-state index in [-0.39, 0.29) is 11.5 Å². The van der Waals surface area contributed by atoms with Gasteiger partial charge in [0.2, 0.25) is 0 Å². The lowest BCUT2D eigenvalue weighted by molar-refractivity contribution is 0.277. The molecule has 0 spiro atoms. The first-order chi connectivity index (χ1) is 10.1. The minimum absolute atomic E-state index is 0.0811. The molecule has 0 atom stereocenters. The number of hydrogen-bond acceptors (Lipinski definition) is 4. The van der Waals surface area contributed by atoms with Crippen LogP contribution in [-0.4, -0.2) is 23.5 Å². The van der Waals surface area contributed by atoms with Gasteiger partial charge in [-0.2, -0.15) is 0 Å². The van der Waals surface area contributed by atoms with Crippen molar-refractivity contribution in [3.8, 4) is 0 Å². The van der Waals surface area contributed by atoms with E-state index >= 15 is 0 Å². The van der Waals surface area contributed by atoms with Crippen LogP contribution in [0.25, 0.3) is 10.8 Å². The van der Waals surface area contributed by atoms with E-state index in [0.717, 1.165) is 10.8 Å². The Balaban J connectivity index is 2.01. The number of pyridine rings is 1. The number of aliphatic hydroxyl groups excluding tert-OH is 1. The number of nitrogens with zero attached hydrogens (tertiary/aromatic N) is 1. The highest BCUT2D eigenvalue weighted by Gasteiger charge is 2.17. The van der Waals surface area contributed by atoms with E-state index in [1.165, 1.54) is 12.3 Å². The van der Waals surface area contributed by atoms with Gasteiger partial charge in [-0.3, -0.25) is 9.71 Å². The minimum Gasteiger partial charge on any atom is -0.390 e. The van der Waals surface area contributed by atoms with E-state index in [1.54, 1.807) is 30.6 Å². The molecule has 1 aromatic carbocycles. The standard InChI is InChI=1S/C14H13N3O3S/c18-9-11-6-12(8-16-11)21(19,20)17-14-3-1-2-10-7-15-5-4-13(10)14/h1-8,16-18H,9H2. The van der Waals surface area contributed by atoms with Gasteiger partial charge in [0.15, 0.2) is 0 Å². The normalized spacial score (nSPS) is 11.7. The molecule has 2 aromatic heterocycles. The lowest BCUT2D eigenvalue weighted by atomic mass is 10.1. The molecule has 0 saturated carbocycles. The van der Waals surface area contributed by atoms with Crippen LogP contribution >= 0.6 is 0 Å². The second kappa shape index (κ2) is 5.19. The van der Waals surface area contributed by atoms with Crippen LogP contribution in [0.15, 0.2) is 53.8 Å². The van der Waals surface area contributed by atoms with Gasteiger partial charge in [-0.15, -0.1) is 0 Å². The summed E-state index contributed by atoms with van der Waals surface area (Å²) in [6.45, 7) is -0.241. The zero-order chi connectivity index (χ0) is 14.9. The molecule has 108 valence electrons. The second-order valence-corrected chi connectivity index (χ2v) is 6.21. The topological polar surface area (TPSA) is 95.1 Å². The zero-order valence-electron chi connectivity index (χ0n) is 10.9. The van der Waals surface area contributed by atoms with Gasteiger partial charge in [-0.1, -0.05) is 12.1 Å². The summed E-state index contributed by atoms with van der Waals surface area (Å²) in [4.78, 5) is 6.80. The number of rotatable bonds is 4. The number of nitrogens with one attached hydrogen (secondary N) is 2. The molecule has 7 heteroatoms. The molecule has 0 radical (unpaired) electrons. The van der Waals surface area contributed by atoms with Crippen LogP contribution in [0.1, 0.15) is 5.69 Å². The molecule has 0 unspecified atom stereocenters. The highest BCUT2D eigenvalue weighted by Crippen LogP contribution is 2.25. The van der Waals surface area contributed by atoms with Crippen molar-refractivity contribution in [2.24, 2.45) is 0 Å². The summed E-state index contributed by atoms with van der Waals surface area (Å²) in [6.07, 6.45) is 4.63. The summed E-state index contributed by atoms with van der Waals surface area (Å²) >= 11 is 0. The summed E-state index contributed by atoms with van der Waals surface area (Å²) in [7, 11) is -3.71. The number of aliphatic hydroxyl groups is 1. The maximum atomic E-state index is 12.3. The maximum absolute atomic E-state index is 12.3. The van der Waals surface area contributed by atoms with Gasteiger partial charge in [0.1, 0.15) is 4.90 Å². The van der Waals surface area contributed by atoms with Crippen molar-refractivity contribution < 1.29 is 13.5 Å². The minimum atomic E-state index is -3.71. The third-order valence-electron chi connectivity index (χ3n) is 3.12. The van der Waals surface area contributed by atoms with E-state index in [9.17, 15) is 8.42 Å². The van der Waals surface area contributed by atoms with Crippen LogP contribution in [0.4, 0.5) is 5.69 Å². The molecule has 0 saturated heterocycles. The van der Waals surface area contributed by atoms with Crippen molar-refractivity contribution in [1.82, 2.24) is 9.97 Å². The lowest BCUT2D eigenvalue weighted by Crippen LogP contribution is -2.12. The molecule has 0 bridgehead atoms. The number of aromatic nitrogens is 2. The van der Waals surface area contributed by atoms with Crippen LogP contribution in [0.2, 0.25) is 0 Å². The fourth-order valence-electron chi connectivity index (χ4n) is 2.08. The summed E-state index contributed by atoms with van der Waals surface area (Å²) < 4.78 is 27.3. The Hall–Kier alpha value is -2.38. The fraction of sp³-hybridized carbons (Fsp3) is 0.0714.